The molecular formula is C10H15O3P. The molecule has 0 amide bonds. The number of aliphatic carboxylic acids is 1. The van der Waals surface area contributed by atoms with Crippen LogP contribution in [-0.4, -0.2) is 16.2 Å². The van der Waals surface area contributed by atoms with Gasteiger partial charge < -0.3 is 10.2 Å². The van der Waals surface area contributed by atoms with Gasteiger partial charge in [0.25, 0.3) is 0 Å². The largest absolute Gasteiger partial charge is 0.508 e. The summed E-state index contributed by atoms with van der Waals surface area (Å²) in [5.41, 5.74) is 0.439. The van der Waals surface area contributed by atoms with Crippen molar-refractivity contribution in [2.75, 3.05) is 0 Å². The van der Waals surface area contributed by atoms with Gasteiger partial charge in [0.15, 0.2) is 0 Å². The van der Waals surface area contributed by atoms with Crippen molar-refractivity contribution in [3.63, 3.8) is 0 Å². The SMILES string of the molecule is CC.O=C(O)Cc1ccc(P)cc1O. The predicted molar refractivity (Wildman–Crippen MR) is 60.1 cm³/mol. The summed E-state index contributed by atoms with van der Waals surface area (Å²) >= 11 is 0. The van der Waals surface area contributed by atoms with Crippen molar-refractivity contribution in [3.8, 4) is 5.75 Å². The average molecular weight is 214 g/mol. The number of carboxylic acid groups (broad SMARTS) is 1. The van der Waals surface area contributed by atoms with Crippen LogP contribution in [0, 0.1) is 0 Å². The number of phenols is 1. The lowest BCUT2D eigenvalue weighted by atomic mass is 10.1. The maximum Gasteiger partial charge on any atom is 0.307 e. The quantitative estimate of drug-likeness (QED) is 0.734. The van der Waals surface area contributed by atoms with E-state index in [1.165, 1.54) is 6.07 Å². The van der Waals surface area contributed by atoms with Crippen LogP contribution < -0.4 is 5.30 Å². The van der Waals surface area contributed by atoms with Crippen molar-refractivity contribution in [1.82, 2.24) is 0 Å². The molecule has 0 aliphatic heterocycles. The van der Waals surface area contributed by atoms with Crippen molar-refractivity contribution in [3.05, 3.63) is 23.8 Å². The molecule has 0 saturated heterocycles. The molecule has 0 heterocycles. The van der Waals surface area contributed by atoms with Gasteiger partial charge in [0, 0.05) is 5.56 Å². The fraction of sp³-hybridized carbons (Fsp3) is 0.300. The third kappa shape index (κ3) is 4.24. The van der Waals surface area contributed by atoms with Gasteiger partial charge >= 0.3 is 5.97 Å². The third-order valence-electron chi connectivity index (χ3n) is 1.45. The Morgan fingerprint density at radius 1 is 1.43 bits per heavy atom. The molecular weight excluding hydrogens is 199 g/mol. The molecule has 0 fully saturated rings. The molecule has 0 saturated carbocycles. The minimum atomic E-state index is -0.943. The molecule has 1 atom stereocenters. The van der Waals surface area contributed by atoms with E-state index in [1.807, 2.05) is 13.8 Å². The summed E-state index contributed by atoms with van der Waals surface area (Å²) in [6, 6.07) is 4.86. The van der Waals surface area contributed by atoms with Crippen LogP contribution in [0.4, 0.5) is 0 Å². The number of hydrogen-bond acceptors (Lipinski definition) is 2. The van der Waals surface area contributed by atoms with Crippen LogP contribution in [-0.2, 0) is 11.2 Å². The highest BCUT2D eigenvalue weighted by atomic mass is 31.0. The molecule has 1 aromatic carbocycles. The standard InChI is InChI=1S/C8H9O3P.C2H6/c9-7-4-6(12)2-1-5(7)3-8(10)11;1-2/h1-2,4,9H,3,12H2,(H,10,11);1-2H3. The summed E-state index contributed by atoms with van der Waals surface area (Å²) in [4.78, 5) is 10.3. The van der Waals surface area contributed by atoms with Crippen LogP contribution >= 0.6 is 9.24 Å². The summed E-state index contributed by atoms with van der Waals surface area (Å²) in [5, 5.41) is 18.5. The molecule has 0 bridgehead atoms. The minimum absolute atomic E-state index is 0.0323. The van der Waals surface area contributed by atoms with E-state index in [1.54, 1.807) is 12.1 Å². The van der Waals surface area contributed by atoms with E-state index in [0.29, 0.717) is 5.56 Å². The minimum Gasteiger partial charge on any atom is -0.508 e. The smallest absolute Gasteiger partial charge is 0.307 e. The lowest BCUT2D eigenvalue weighted by Crippen LogP contribution is -2.01. The molecule has 78 valence electrons. The number of carbonyl (C=O) groups is 1. The van der Waals surface area contributed by atoms with Gasteiger partial charge in [-0.15, -0.1) is 9.24 Å². The van der Waals surface area contributed by atoms with E-state index in [9.17, 15) is 9.90 Å². The van der Waals surface area contributed by atoms with Gasteiger partial charge in [0.05, 0.1) is 6.42 Å². The van der Waals surface area contributed by atoms with Crippen molar-refractivity contribution >= 4 is 20.5 Å². The second-order valence-electron chi connectivity index (χ2n) is 2.46. The van der Waals surface area contributed by atoms with Crippen LogP contribution in [0.5, 0.6) is 5.75 Å². The van der Waals surface area contributed by atoms with Gasteiger partial charge in [-0.05, 0) is 11.4 Å². The molecule has 0 aromatic heterocycles. The first-order valence-electron chi connectivity index (χ1n) is 4.39. The van der Waals surface area contributed by atoms with Gasteiger partial charge in [-0.3, -0.25) is 4.79 Å². The number of rotatable bonds is 2. The fourth-order valence-electron chi connectivity index (χ4n) is 0.893. The van der Waals surface area contributed by atoms with E-state index >= 15 is 0 Å². The Morgan fingerprint density at radius 2 is 2.00 bits per heavy atom. The summed E-state index contributed by atoms with van der Waals surface area (Å²) in [6.07, 6.45) is -0.142. The molecule has 1 aromatic rings. The lowest BCUT2D eigenvalue weighted by molar-refractivity contribution is -0.136. The average Bonchev–Trinajstić information content (AvgIpc) is 2.13. The van der Waals surface area contributed by atoms with Crippen LogP contribution in [0.15, 0.2) is 18.2 Å². The second-order valence-corrected chi connectivity index (χ2v) is 3.13. The van der Waals surface area contributed by atoms with Crippen LogP contribution in [0.3, 0.4) is 0 Å². The van der Waals surface area contributed by atoms with Crippen molar-refractivity contribution in [1.29, 1.82) is 0 Å². The number of aromatic hydroxyl groups is 1. The first-order valence-corrected chi connectivity index (χ1v) is 4.96. The molecule has 4 heteroatoms. The van der Waals surface area contributed by atoms with Crippen LogP contribution in [0.1, 0.15) is 19.4 Å². The zero-order valence-corrected chi connectivity index (χ0v) is 9.47. The number of benzene rings is 1. The number of hydrogen-bond donors (Lipinski definition) is 2. The lowest BCUT2D eigenvalue weighted by Gasteiger charge is -2.01. The first-order chi connectivity index (χ1) is 6.59. The fourth-order valence-corrected chi connectivity index (χ4v) is 1.15. The van der Waals surface area contributed by atoms with Gasteiger partial charge in [-0.1, -0.05) is 26.0 Å². The maximum absolute atomic E-state index is 10.3. The highest BCUT2D eigenvalue weighted by Crippen LogP contribution is 2.15. The van der Waals surface area contributed by atoms with E-state index in [2.05, 4.69) is 9.24 Å². The van der Waals surface area contributed by atoms with Gasteiger partial charge in [0.1, 0.15) is 5.75 Å². The third-order valence-corrected chi connectivity index (χ3v) is 1.81. The summed E-state index contributed by atoms with van der Waals surface area (Å²) < 4.78 is 0. The second kappa shape index (κ2) is 6.39. The predicted octanol–water partition coefficient (Wildman–Crippen LogP) is 1.55. The molecule has 0 radical (unpaired) electrons. The molecule has 0 aliphatic carbocycles. The molecule has 1 rings (SSSR count). The zero-order chi connectivity index (χ0) is 11.1. The maximum atomic E-state index is 10.3. The molecule has 0 spiro atoms. The van der Waals surface area contributed by atoms with Crippen molar-refractivity contribution in [2.45, 2.75) is 20.3 Å². The molecule has 0 aliphatic rings. The monoisotopic (exact) mass is 214 g/mol. The summed E-state index contributed by atoms with van der Waals surface area (Å²) in [6.45, 7) is 4.00. The molecule has 14 heavy (non-hydrogen) atoms. The van der Waals surface area contributed by atoms with Crippen molar-refractivity contribution in [2.24, 2.45) is 0 Å². The Bertz CT molecular complexity index is 310. The van der Waals surface area contributed by atoms with E-state index in [-0.39, 0.29) is 12.2 Å². The van der Waals surface area contributed by atoms with E-state index < -0.39 is 5.97 Å². The molecule has 1 unspecified atom stereocenters. The zero-order valence-electron chi connectivity index (χ0n) is 8.32. The number of phenolic OH excluding ortho intramolecular Hbond substituents is 1. The van der Waals surface area contributed by atoms with Gasteiger partial charge in [0.2, 0.25) is 0 Å². The van der Waals surface area contributed by atoms with Crippen LogP contribution in [0.25, 0.3) is 0 Å². The van der Waals surface area contributed by atoms with Gasteiger partial charge in [-0.2, -0.15) is 0 Å². The summed E-state index contributed by atoms with van der Waals surface area (Å²) in [7, 11) is 2.42. The van der Waals surface area contributed by atoms with Gasteiger partial charge in [-0.25, -0.2) is 0 Å². The highest BCUT2D eigenvalue weighted by Gasteiger charge is 2.05. The summed E-state index contributed by atoms with van der Waals surface area (Å²) in [5.74, 6) is -0.910. The highest BCUT2D eigenvalue weighted by molar-refractivity contribution is 7.27. The van der Waals surface area contributed by atoms with Crippen LogP contribution in [0.2, 0.25) is 0 Å². The van der Waals surface area contributed by atoms with E-state index in [4.69, 9.17) is 5.11 Å². The first kappa shape index (κ1) is 12.9. The van der Waals surface area contributed by atoms with Crippen molar-refractivity contribution < 1.29 is 15.0 Å². The Hall–Kier alpha value is -1.08. The topological polar surface area (TPSA) is 57.5 Å². The van der Waals surface area contributed by atoms with E-state index in [0.717, 1.165) is 5.30 Å². The normalized spacial score (nSPS) is 8.79. The molecule has 3 nitrogen and oxygen atoms in total. The number of carboxylic acids is 1. The Kier molecular flexibility index (Phi) is 5.89. The Labute approximate surface area is 86.0 Å². The molecule has 2 N–H and O–H groups in total. The Morgan fingerprint density at radius 3 is 2.43 bits per heavy atom. The Balaban J connectivity index is 0.000000791.